The lowest BCUT2D eigenvalue weighted by Crippen LogP contribution is -2.26. The predicted molar refractivity (Wildman–Crippen MR) is 67.4 cm³/mol. The molecule has 0 saturated carbocycles. The van der Waals surface area contributed by atoms with E-state index in [-0.39, 0.29) is 11.7 Å². The Labute approximate surface area is 102 Å². The molecule has 0 fully saturated rings. The van der Waals surface area contributed by atoms with Gasteiger partial charge in [-0.15, -0.1) is 11.3 Å². The summed E-state index contributed by atoms with van der Waals surface area (Å²) >= 11 is 1.22. The maximum Gasteiger partial charge on any atom is 0.277 e. The average Bonchev–Trinajstić information content (AvgIpc) is 2.74. The average molecular weight is 249 g/mol. The second kappa shape index (κ2) is 4.42. The van der Waals surface area contributed by atoms with Crippen molar-refractivity contribution in [3.8, 4) is 5.75 Å². The molecular weight excluding hydrogens is 238 g/mol. The fraction of sp³-hybridized carbons (Fsp3) is 0.0909. The Balaban J connectivity index is 2.26. The maximum atomic E-state index is 12.0. The van der Waals surface area contributed by atoms with Crippen LogP contribution in [0.15, 0.2) is 29.6 Å². The van der Waals surface area contributed by atoms with Crippen LogP contribution in [0.25, 0.3) is 0 Å². The SMILES string of the molecule is CN(C(=O)c1csc(N)n1)c1cccc(O)c1. The number of nitrogen functional groups attached to an aromatic ring is 1. The third-order valence-electron chi connectivity index (χ3n) is 2.26. The minimum Gasteiger partial charge on any atom is -0.508 e. The van der Waals surface area contributed by atoms with Gasteiger partial charge in [-0.3, -0.25) is 4.79 Å². The molecule has 1 aromatic heterocycles. The lowest BCUT2D eigenvalue weighted by Gasteiger charge is -2.15. The minimum atomic E-state index is -0.261. The summed E-state index contributed by atoms with van der Waals surface area (Å²) < 4.78 is 0. The molecule has 0 bridgehead atoms. The highest BCUT2D eigenvalue weighted by atomic mass is 32.1. The van der Waals surface area contributed by atoms with E-state index in [1.807, 2.05) is 0 Å². The van der Waals surface area contributed by atoms with Crippen molar-refractivity contribution < 1.29 is 9.90 Å². The van der Waals surface area contributed by atoms with Crippen LogP contribution < -0.4 is 10.6 Å². The lowest BCUT2D eigenvalue weighted by molar-refractivity contribution is 0.0989. The number of carbonyl (C=O) groups is 1. The Morgan fingerprint density at radius 3 is 2.88 bits per heavy atom. The number of phenols is 1. The molecule has 2 aromatic rings. The Morgan fingerprint density at radius 2 is 2.29 bits per heavy atom. The van der Waals surface area contributed by atoms with Gasteiger partial charge in [-0.1, -0.05) is 6.07 Å². The van der Waals surface area contributed by atoms with E-state index in [0.29, 0.717) is 16.5 Å². The Bertz CT molecular complexity index is 553. The first kappa shape index (κ1) is 11.4. The third-order valence-corrected chi connectivity index (χ3v) is 2.94. The van der Waals surface area contributed by atoms with Crippen molar-refractivity contribution in [2.24, 2.45) is 0 Å². The fourth-order valence-corrected chi connectivity index (χ4v) is 1.91. The van der Waals surface area contributed by atoms with Crippen LogP contribution in [0.3, 0.4) is 0 Å². The van der Waals surface area contributed by atoms with E-state index in [9.17, 15) is 9.90 Å². The number of hydrogen-bond donors (Lipinski definition) is 2. The quantitative estimate of drug-likeness (QED) is 0.849. The molecule has 0 unspecified atom stereocenters. The summed E-state index contributed by atoms with van der Waals surface area (Å²) in [6.45, 7) is 0. The zero-order valence-electron chi connectivity index (χ0n) is 9.12. The normalized spacial score (nSPS) is 10.2. The van der Waals surface area contributed by atoms with Crippen molar-refractivity contribution in [1.82, 2.24) is 4.98 Å². The summed E-state index contributed by atoms with van der Waals surface area (Å²) in [5.74, 6) is -0.150. The maximum absolute atomic E-state index is 12.0. The second-order valence-electron chi connectivity index (χ2n) is 3.46. The second-order valence-corrected chi connectivity index (χ2v) is 4.34. The zero-order chi connectivity index (χ0) is 12.4. The van der Waals surface area contributed by atoms with Crippen molar-refractivity contribution >= 4 is 28.1 Å². The molecule has 3 N–H and O–H groups in total. The van der Waals surface area contributed by atoms with Crippen LogP contribution in [0.2, 0.25) is 0 Å². The van der Waals surface area contributed by atoms with Crippen LogP contribution in [-0.4, -0.2) is 23.0 Å². The number of nitrogens with zero attached hydrogens (tertiary/aromatic N) is 2. The van der Waals surface area contributed by atoms with Crippen molar-refractivity contribution in [2.75, 3.05) is 17.7 Å². The molecule has 0 radical (unpaired) electrons. The number of aromatic nitrogens is 1. The third kappa shape index (κ3) is 2.36. The molecule has 1 heterocycles. The van der Waals surface area contributed by atoms with E-state index in [0.717, 1.165) is 0 Å². The van der Waals surface area contributed by atoms with Crippen LogP contribution in [0.4, 0.5) is 10.8 Å². The zero-order valence-corrected chi connectivity index (χ0v) is 9.94. The number of benzene rings is 1. The van der Waals surface area contributed by atoms with Crippen LogP contribution in [-0.2, 0) is 0 Å². The summed E-state index contributed by atoms with van der Waals surface area (Å²) in [5.41, 5.74) is 6.38. The predicted octanol–water partition coefficient (Wildman–Crippen LogP) is 1.71. The highest BCUT2D eigenvalue weighted by Gasteiger charge is 2.16. The number of nitrogens with two attached hydrogens (primary N) is 1. The van der Waals surface area contributed by atoms with Gasteiger partial charge in [-0.25, -0.2) is 4.98 Å². The molecule has 0 aliphatic heterocycles. The molecular formula is C11H11N3O2S. The van der Waals surface area contributed by atoms with E-state index in [1.165, 1.54) is 22.3 Å². The first-order valence-corrected chi connectivity index (χ1v) is 5.74. The Morgan fingerprint density at radius 1 is 1.53 bits per heavy atom. The summed E-state index contributed by atoms with van der Waals surface area (Å²) in [6.07, 6.45) is 0. The number of thiazole rings is 1. The van der Waals surface area contributed by atoms with Gasteiger partial charge >= 0.3 is 0 Å². The van der Waals surface area contributed by atoms with Gasteiger partial charge in [-0.05, 0) is 12.1 Å². The van der Waals surface area contributed by atoms with Crippen LogP contribution in [0.1, 0.15) is 10.5 Å². The van der Waals surface area contributed by atoms with Gasteiger partial charge in [0, 0.05) is 24.2 Å². The van der Waals surface area contributed by atoms with Gasteiger partial charge in [0.15, 0.2) is 5.13 Å². The molecule has 88 valence electrons. The van der Waals surface area contributed by atoms with E-state index >= 15 is 0 Å². The van der Waals surface area contributed by atoms with Crippen molar-refractivity contribution in [1.29, 1.82) is 0 Å². The molecule has 0 aliphatic carbocycles. The monoisotopic (exact) mass is 249 g/mol. The Kier molecular flexibility index (Phi) is 2.97. The Hall–Kier alpha value is -2.08. The van der Waals surface area contributed by atoms with Gasteiger partial charge < -0.3 is 15.7 Å². The first-order chi connectivity index (χ1) is 8.08. The van der Waals surface area contributed by atoms with E-state index < -0.39 is 0 Å². The molecule has 0 atom stereocenters. The highest BCUT2D eigenvalue weighted by molar-refractivity contribution is 7.13. The molecule has 6 heteroatoms. The number of phenolic OH excluding ortho intramolecular Hbond substituents is 1. The summed E-state index contributed by atoms with van der Waals surface area (Å²) in [5, 5.41) is 11.3. The number of amides is 1. The summed E-state index contributed by atoms with van der Waals surface area (Å²) in [4.78, 5) is 17.3. The van der Waals surface area contributed by atoms with Crippen LogP contribution in [0.5, 0.6) is 5.75 Å². The van der Waals surface area contributed by atoms with Gasteiger partial charge in [-0.2, -0.15) is 0 Å². The molecule has 5 nitrogen and oxygen atoms in total. The van der Waals surface area contributed by atoms with Crippen molar-refractivity contribution in [3.63, 3.8) is 0 Å². The van der Waals surface area contributed by atoms with E-state index in [2.05, 4.69) is 4.98 Å². The number of rotatable bonds is 2. The van der Waals surface area contributed by atoms with Crippen molar-refractivity contribution in [2.45, 2.75) is 0 Å². The molecule has 17 heavy (non-hydrogen) atoms. The molecule has 1 amide bonds. The fourth-order valence-electron chi connectivity index (χ4n) is 1.38. The minimum absolute atomic E-state index is 0.111. The molecule has 0 spiro atoms. The van der Waals surface area contributed by atoms with Crippen molar-refractivity contribution in [3.05, 3.63) is 35.3 Å². The molecule has 0 aliphatic rings. The molecule has 2 rings (SSSR count). The number of anilines is 2. The standard InChI is InChI=1S/C11H11N3O2S/c1-14(7-3-2-4-8(15)5-7)10(16)9-6-17-11(12)13-9/h2-6,15H,1H3,(H2,12,13). The van der Waals surface area contributed by atoms with Gasteiger partial charge in [0.05, 0.1) is 0 Å². The number of carbonyl (C=O) groups excluding carboxylic acids is 1. The lowest BCUT2D eigenvalue weighted by atomic mass is 10.2. The smallest absolute Gasteiger partial charge is 0.277 e. The highest BCUT2D eigenvalue weighted by Crippen LogP contribution is 2.21. The van der Waals surface area contributed by atoms with Gasteiger partial charge in [0.2, 0.25) is 0 Å². The van der Waals surface area contributed by atoms with E-state index in [4.69, 9.17) is 5.73 Å². The van der Waals surface area contributed by atoms with Gasteiger partial charge in [0.25, 0.3) is 5.91 Å². The number of hydrogen-bond acceptors (Lipinski definition) is 5. The molecule has 1 aromatic carbocycles. The topological polar surface area (TPSA) is 79.5 Å². The van der Waals surface area contributed by atoms with Crippen LogP contribution in [0, 0.1) is 0 Å². The van der Waals surface area contributed by atoms with Crippen LogP contribution >= 0.6 is 11.3 Å². The largest absolute Gasteiger partial charge is 0.508 e. The number of aromatic hydroxyl groups is 1. The first-order valence-electron chi connectivity index (χ1n) is 4.86. The summed E-state index contributed by atoms with van der Waals surface area (Å²) in [7, 11) is 1.62. The molecule has 0 saturated heterocycles. The van der Waals surface area contributed by atoms with Gasteiger partial charge in [0.1, 0.15) is 11.4 Å². The summed E-state index contributed by atoms with van der Waals surface area (Å²) in [6, 6.07) is 6.45. The van der Waals surface area contributed by atoms with E-state index in [1.54, 1.807) is 30.6 Å².